The molecule has 6 rings (SSSR count). The van der Waals surface area contributed by atoms with E-state index < -0.39 is 0 Å². The van der Waals surface area contributed by atoms with Gasteiger partial charge >= 0.3 is 0 Å². The van der Waals surface area contributed by atoms with Gasteiger partial charge in [0.1, 0.15) is 0 Å². The topological polar surface area (TPSA) is 41.4 Å². The van der Waals surface area contributed by atoms with Crippen molar-refractivity contribution in [2.75, 3.05) is 31.9 Å². The van der Waals surface area contributed by atoms with Crippen LogP contribution in [-0.2, 0) is 11.3 Å². The van der Waals surface area contributed by atoms with Crippen molar-refractivity contribution < 1.29 is 4.79 Å². The minimum atomic E-state index is 0.260. The summed E-state index contributed by atoms with van der Waals surface area (Å²) in [6.07, 6.45) is 1.38. The number of piperazine rings is 1. The summed E-state index contributed by atoms with van der Waals surface area (Å²) in [5.74, 6) is 1.09. The number of amides is 1. The number of aromatic nitrogens is 2. The zero-order valence-corrected chi connectivity index (χ0v) is 24.6. The van der Waals surface area contributed by atoms with Crippen molar-refractivity contribution in [1.82, 2.24) is 19.4 Å². The summed E-state index contributed by atoms with van der Waals surface area (Å²) in [6.45, 7) is 4.41. The number of carbonyl (C=O) groups is 1. The molecule has 212 valence electrons. The summed E-state index contributed by atoms with van der Waals surface area (Å²) in [5.41, 5.74) is 6.68. The number of carbonyl (C=O) groups excluding carboxylic acids is 1. The third kappa shape index (κ3) is 6.67. The molecule has 0 unspecified atom stereocenters. The van der Waals surface area contributed by atoms with Gasteiger partial charge in [-0.1, -0.05) is 121 Å². The van der Waals surface area contributed by atoms with Gasteiger partial charge in [-0.3, -0.25) is 14.3 Å². The normalized spacial score (nSPS) is 13.8. The molecule has 42 heavy (non-hydrogen) atoms. The molecule has 0 saturated carbocycles. The number of para-hydroxylation sites is 1. The van der Waals surface area contributed by atoms with Crippen molar-refractivity contribution in [2.45, 2.75) is 24.5 Å². The third-order valence-electron chi connectivity index (χ3n) is 7.70. The van der Waals surface area contributed by atoms with Crippen LogP contribution in [0.3, 0.4) is 0 Å². The summed E-state index contributed by atoms with van der Waals surface area (Å²) in [6, 6.07) is 41.9. The minimum Gasteiger partial charge on any atom is -0.340 e. The van der Waals surface area contributed by atoms with Gasteiger partial charge < -0.3 is 4.90 Å². The first-order valence-corrected chi connectivity index (χ1v) is 15.7. The lowest BCUT2D eigenvalue weighted by molar-refractivity contribution is -0.133. The average molecular weight is 573 g/mol. The lowest BCUT2D eigenvalue weighted by Gasteiger charge is -2.34. The summed E-state index contributed by atoms with van der Waals surface area (Å²) in [7, 11) is 0. The number of thioether (sulfide) groups is 1. The fraction of sp³-hybridized carbons (Fsp3) is 0.222. The van der Waals surface area contributed by atoms with E-state index in [1.807, 2.05) is 23.1 Å². The van der Waals surface area contributed by atoms with Crippen LogP contribution in [0.4, 0.5) is 0 Å². The van der Waals surface area contributed by atoms with Crippen LogP contribution >= 0.6 is 11.8 Å². The van der Waals surface area contributed by atoms with Gasteiger partial charge in [-0.05, 0) is 24.1 Å². The molecular weight excluding hydrogens is 536 g/mol. The van der Waals surface area contributed by atoms with Gasteiger partial charge in [-0.15, -0.1) is 0 Å². The van der Waals surface area contributed by atoms with Crippen molar-refractivity contribution in [3.8, 4) is 28.2 Å². The Bertz CT molecular complexity index is 1560. The van der Waals surface area contributed by atoms with Crippen LogP contribution in [0.2, 0.25) is 0 Å². The Morgan fingerprint density at radius 1 is 0.690 bits per heavy atom. The fourth-order valence-corrected chi connectivity index (χ4v) is 6.47. The fourth-order valence-electron chi connectivity index (χ4n) is 5.51. The molecule has 1 fully saturated rings. The number of hydrogen-bond acceptors (Lipinski definition) is 4. The van der Waals surface area contributed by atoms with E-state index in [-0.39, 0.29) is 5.91 Å². The van der Waals surface area contributed by atoms with E-state index in [0.717, 1.165) is 78.3 Å². The highest BCUT2D eigenvalue weighted by atomic mass is 32.2. The van der Waals surface area contributed by atoms with Crippen LogP contribution in [0.5, 0.6) is 0 Å². The molecule has 5 nitrogen and oxygen atoms in total. The van der Waals surface area contributed by atoms with Crippen LogP contribution < -0.4 is 0 Å². The van der Waals surface area contributed by atoms with Crippen molar-refractivity contribution in [2.24, 2.45) is 0 Å². The molecule has 4 aromatic carbocycles. The van der Waals surface area contributed by atoms with Crippen molar-refractivity contribution in [1.29, 1.82) is 0 Å². The lowest BCUT2D eigenvalue weighted by atomic mass is 10.0. The SMILES string of the molecule is O=C(CCCSc1nc(-c2ccccc2)c(-c2ccccc2)n1-c1ccccc1)N1CCN(Cc2ccccc2)CC1. The monoisotopic (exact) mass is 572 g/mol. The van der Waals surface area contributed by atoms with Crippen molar-refractivity contribution in [3.63, 3.8) is 0 Å². The molecule has 1 aliphatic rings. The molecule has 0 radical (unpaired) electrons. The van der Waals surface area contributed by atoms with E-state index in [1.165, 1.54) is 5.56 Å². The number of rotatable bonds is 10. The molecule has 0 bridgehead atoms. The van der Waals surface area contributed by atoms with Crippen molar-refractivity contribution in [3.05, 3.63) is 127 Å². The van der Waals surface area contributed by atoms with Gasteiger partial charge in [0, 0.05) is 61.7 Å². The van der Waals surface area contributed by atoms with Gasteiger partial charge in [-0.25, -0.2) is 4.98 Å². The summed E-state index contributed by atoms with van der Waals surface area (Å²) in [4.78, 5) is 22.8. The van der Waals surface area contributed by atoms with Gasteiger partial charge in [-0.2, -0.15) is 0 Å². The molecule has 1 saturated heterocycles. The van der Waals surface area contributed by atoms with Gasteiger partial charge in [0.2, 0.25) is 5.91 Å². The second kappa shape index (κ2) is 13.7. The Morgan fingerprint density at radius 3 is 1.90 bits per heavy atom. The van der Waals surface area contributed by atoms with E-state index in [1.54, 1.807) is 11.8 Å². The van der Waals surface area contributed by atoms with Crippen LogP contribution in [-0.4, -0.2) is 57.2 Å². The maximum absolute atomic E-state index is 13.1. The van der Waals surface area contributed by atoms with Crippen LogP contribution in [0.1, 0.15) is 18.4 Å². The smallest absolute Gasteiger partial charge is 0.222 e. The molecule has 1 amide bonds. The van der Waals surface area contributed by atoms with Crippen LogP contribution in [0.25, 0.3) is 28.2 Å². The van der Waals surface area contributed by atoms with Gasteiger partial charge in [0.25, 0.3) is 0 Å². The number of hydrogen-bond donors (Lipinski definition) is 0. The molecule has 0 aliphatic carbocycles. The second-order valence-electron chi connectivity index (χ2n) is 10.6. The summed E-state index contributed by atoms with van der Waals surface area (Å²) in [5, 5.41) is 0.945. The summed E-state index contributed by atoms with van der Waals surface area (Å²) >= 11 is 1.73. The molecular formula is C36H36N4OS. The summed E-state index contributed by atoms with van der Waals surface area (Å²) < 4.78 is 2.27. The average Bonchev–Trinajstić information content (AvgIpc) is 3.44. The maximum Gasteiger partial charge on any atom is 0.222 e. The highest BCUT2D eigenvalue weighted by Crippen LogP contribution is 2.38. The molecule has 1 aliphatic heterocycles. The highest BCUT2D eigenvalue weighted by Gasteiger charge is 2.23. The van der Waals surface area contributed by atoms with Crippen molar-refractivity contribution >= 4 is 17.7 Å². The number of imidazole rings is 1. The first-order chi connectivity index (χ1) is 20.8. The van der Waals surface area contributed by atoms with Crippen LogP contribution in [0, 0.1) is 0 Å². The zero-order valence-electron chi connectivity index (χ0n) is 23.8. The second-order valence-corrected chi connectivity index (χ2v) is 11.7. The van der Waals surface area contributed by atoms with E-state index in [2.05, 4.69) is 113 Å². The Labute approximate surface area is 252 Å². The third-order valence-corrected chi connectivity index (χ3v) is 8.72. The van der Waals surface area contributed by atoms with E-state index >= 15 is 0 Å². The largest absolute Gasteiger partial charge is 0.340 e. The molecule has 1 aromatic heterocycles. The molecule has 0 atom stereocenters. The minimum absolute atomic E-state index is 0.260. The standard InChI is InChI=1S/C36H36N4OS/c41-33(39-25-23-38(24-26-39)28-29-14-5-1-6-15-29)22-13-27-42-36-37-34(30-16-7-2-8-17-30)35(31-18-9-3-10-19-31)40(36)32-20-11-4-12-21-32/h1-12,14-21H,13,22-28H2. The molecule has 0 N–H and O–H groups in total. The number of nitrogens with zero attached hydrogens (tertiary/aromatic N) is 4. The van der Waals surface area contributed by atoms with E-state index in [9.17, 15) is 4.79 Å². The molecule has 0 spiro atoms. The first-order valence-electron chi connectivity index (χ1n) is 14.7. The van der Waals surface area contributed by atoms with E-state index in [0.29, 0.717) is 6.42 Å². The predicted molar refractivity (Wildman–Crippen MR) is 173 cm³/mol. The van der Waals surface area contributed by atoms with Crippen LogP contribution in [0.15, 0.2) is 126 Å². The van der Waals surface area contributed by atoms with Gasteiger partial charge in [0.15, 0.2) is 5.16 Å². The zero-order chi connectivity index (χ0) is 28.6. The predicted octanol–water partition coefficient (Wildman–Crippen LogP) is 7.42. The Hall–Kier alpha value is -4.13. The Balaban J connectivity index is 1.14. The first kappa shape index (κ1) is 28.0. The Kier molecular flexibility index (Phi) is 9.13. The maximum atomic E-state index is 13.1. The molecule has 5 aromatic rings. The highest BCUT2D eigenvalue weighted by molar-refractivity contribution is 7.99. The van der Waals surface area contributed by atoms with Gasteiger partial charge in [0.05, 0.1) is 11.4 Å². The Morgan fingerprint density at radius 2 is 1.26 bits per heavy atom. The quantitative estimate of drug-likeness (QED) is 0.129. The number of benzene rings is 4. The lowest BCUT2D eigenvalue weighted by Crippen LogP contribution is -2.48. The van der Waals surface area contributed by atoms with E-state index in [4.69, 9.17) is 4.98 Å². The molecule has 6 heteroatoms. The molecule has 2 heterocycles.